The summed E-state index contributed by atoms with van der Waals surface area (Å²) in [5.74, 6) is 0.412. The fourth-order valence-electron chi connectivity index (χ4n) is 2.85. The van der Waals surface area contributed by atoms with Gasteiger partial charge in [0.15, 0.2) is 11.4 Å². The van der Waals surface area contributed by atoms with Crippen molar-refractivity contribution < 1.29 is 13.9 Å². The molecule has 1 saturated heterocycles. The number of aromatic amines is 1. The summed E-state index contributed by atoms with van der Waals surface area (Å²) in [4.78, 5) is 28.2. The van der Waals surface area contributed by atoms with Crippen LogP contribution in [-0.4, -0.2) is 27.2 Å². The van der Waals surface area contributed by atoms with Crippen molar-refractivity contribution in [3.63, 3.8) is 0 Å². The molecule has 0 bridgehead atoms. The molecule has 0 aliphatic carbocycles. The summed E-state index contributed by atoms with van der Waals surface area (Å²) in [7, 11) is 0. The highest BCUT2D eigenvalue weighted by Gasteiger charge is 2.26. The van der Waals surface area contributed by atoms with Gasteiger partial charge < -0.3 is 9.15 Å². The first-order valence-corrected chi connectivity index (χ1v) is 7.53. The van der Waals surface area contributed by atoms with E-state index in [2.05, 4.69) is 10.1 Å². The van der Waals surface area contributed by atoms with Gasteiger partial charge in [-0.2, -0.15) is 0 Å². The minimum Gasteiger partial charge on any atom is -0.465 e. The third kappa shape index (κ3) is 2.54. The highest BCUT2D eigenvalue weighted by Crippen LogP contribution is 2.21. The van der Waals surface area contributed by atoms with Gasteiger partial charge >= 0.3 is 5.97 Å². The van der Waals surface area contributed by atoms with E-state index in [4.69, 9.17) is 9.15 Å². The van der Waals surface area contributed by atoms with E-state index in [1.165, 1.54) is 10.6 Å². The lowest BCUT2D eigenvalue weighted by molar-refractivity contribution is -0.141. The summed E-state index contributed by atoms with van der Waals surface area (Å²) in [6, 6.07) is 6.86. The van der Waals surface area contributed by atoms with Gasteiger partial charge in [0.25, 0.3) is 5.56 Å². The van der Waals surface area contributed by atoms with Crippen LogP contribution in [0, 0.1) is 5.92 Å². The summed E-state index contributed by atoms with van der Waals surface area (Å²) in [6.45, 7) is 0.489. The maximum Gasteiger partial charge on any atom is 0.309 e. The van der Waals surface area contributed by atoms with Gasteiger partial charge in [-0.1, -0.05) is 0 Å². The number of fused-ring (bicyclic) bond motifs is 1. The largest absolute Gasteiger partial charge is 0.465 e. The molecular formula is C16H15N3O4. The first kappa shape index (κ1) is 13.8. The van der Waals surface area contributed by atoms with Crippen LogP contribution in [0.3, 0.4) is 0 Å². The average Bonchev–Trinajstić information content (AvgIpc) is 3.25. The minimum atomic E-state index is -0.184. The Kier molecular flexibility index (Phi) is 3.25. The average molecular weight is 313 g/mol. The van der Waals surface area contributed by atoms with E-state index in [1.54, 1.807) is 18.4 Å². The van der Waals surface area contributed by atoms with Gasteiger partial charge in [0.1, 0.15) is 5.69 Å². The summed E-state index contributed by atoms with van der Waals surface area (Å²) >= 11 is 0. The molecule has 7 heteroatoms. The molecule has 1 fully saturated rings. The topological polar surface area (TPSA) is 89.6 Å². The number of ether oxygens (including phenoxy) is 1. The van der Waals surface area contributed by atoms with E-state index in [0.29, 0.717) is 42.2 Å². The second-order valence-corrected chi connectivity index (χ2v) is 5.62. The van der Waals surface area contributed by atoms with Crippen molar-refractivity contribution in [2.45, 2.75) is 19.3 Å². The number of carbonyl (C=O) groups is 1. The molecular weight excluding hydrogens is 298 g/mol. The number of esters is 1. The van der Waals surface area contributed by atoms with Gasteiger partial charge in [0.05, 0.1) is 18.8 Å². The van der Waals surface area contributed by atoms with Gasteiger partial charge in [-0.3, -0.25) is 14.7 Å². The zero-order chi connectivity index (χ0) is 15.8. The van der Waals surface area contributed by atoms with E-state index >= 15 is 0 Å². The normalized spacial score (nSPS) is 17.7. The molecule has 7 nitrogen and oxygen atoms in total. The van der Waals surface area contributed by atoms with Crippen LogP contribution in [0.1, 0.15) is 18.5 Å². The Morgan fingerprint density at radius 1 is 1.35 bits per heavy atom. The Bertz CT molecular complexity index is 907. The first-order valence-electron chi connectivity index (χ1n) is 7.53. The molecule has 1 N–H and O–H groups in total. The van der Waals surface area contributed by atoms with E-state index in [1.807, 2.05) is 6.07 Å². The Balaban J connectivity index is 1.61. The summed E-state index contributed by atoms with van der Waals surface area (Å²) in [5, 5.41) is 2.97. The molecule has 0 radical (unpaired) electrons. The van der Waals surface area contributed by atoms with Crippen LogP contribution in [0.15, 0.2) is 39.7 Å². The minimum absolute atomic E-state index is 0.0832. The van der Waals surface area contributed by atoms with Gasteiger partial charge in [-0.15, -0.1) is 0 Å². The summed E-state index contributed by atoms with van der Waals surface area (Å²) in [5.41, 5.74) is 1.72. The summed E-state index contributed by atoms with van der Waals surface area (Å²) < 4.78 is 11.7. The number of furan rings is 1. The van der Waals surface area contributed by atoms with Gasteiger partial charge in [0, 0.05) is 17.8 Å². The molecule has 4 heterocycles. The van der Waals surface area contributed by atoms with E-state index in [0.717, 1.165) is 6.42 Å². The maximum absolute atomic E-state index is 12.2. The maximum atomic E-state index is 12.2. The van der Waals surface area contributed by atoms with Crippen LogP contribution in [0.5, 0.6) is 0 Å². The Hall–Kier alpha value is -2.83. The number of hydrogen-bond acceptors (Lipinski definition) is 5. The number of aromatic nitrogens is 3. The highest BCUT2D eigenvalue weighted by molar-refractivity contribution is 5.74. The third-order valence-corrected chi connectivity index (χ3v) is 4.08. The quantitative estimate of drug-likeness (QED) is 0.742. The lowest BCUT2D eigenvalue weighted by atomic mass is 10.0. The highest BCUT2D eigenvalue weighted by atomic mass is 16.5. The zero-order valence-electron chi connectivity index (χ0n) is 12.3. The monoisotopic (exact) mass is 313 g/mol. The van der Waals surface area contributed by atoms with Crippen molar-refractivity contribution in [2.24, 2.45) is 5.92 Å². The van der Waals surface area contributed by atoms with Gasteiger partial charge in [-0.25, -0.2) is 9.50 Å². The SMILES string of the molecule is O=C1OCCC1CCc1cc(=O)n2[nH]c(-c3ccco3)cc2n1. The standard InChI is InChI=1S/C16H15N3O4/c20-15-8-11(4-3-10-5-7-23-16(10)21)17-14-9-12(18-19(14)15)13-2-1-6-22-13/h1-2,6,8-10,18H,3-5,7H2. The van der Waals surface area contributed by atoms with Crippen LogP contribution in [0.4, 0.5) is 0 Å². The van der Waals surface area contributed by atoms with Crippen LogP contribution in [0.25, 0.3) is 17.1 Å². The lowest BCUT2D eigenvalue weighted by Crippen LogP contribution is -2.16. The molecule has 1 unspecified atom stereocenters. The van der Waals surface area contributed by atoms with Crippen LogP contribution < -0.4 is 5.56 Å². The third-order valence-electron chi connectivity index (χ3n) is 4.08. The lowest BCUT2D eigenvalue weighted by Gasteiger charge is -2.04. The molecule has 0 amide bonds. The van der Waals surface area contributed by atoms with E-state index in [-0.39, 0.29) is 17.4 Å². The molecule has 3 aromatic rings. The number of H-pyrrole nitrogens is 1. The number of nitrogens with zero attached hydrogens (tertiary/aromatic N) is 2. The Morgan fingerprint density at radius 3 is 3.00 bits per heavy atom. The Morgan fingerprint density at radius 2 is 2.26 bits per heavy atom. The molecule has 3 aromatic heterocycles. The molecule has 23 heavy (non-hydrogen) atoms. The van der Waals surface area contributed by atoms with E-state index in [9.17, 15) is 9.59 Å². The van der Waals surface area contributed by atoms with Crippen LogP contribution >= 0.6 is 0 Å². The number of hydrogen-bond donors (Lipinski definition) is 1. The van der Waals surface area contributed by atoms with Crippen LogP contribution in [-0.2, 0) is 16.0 Å². The molecule has 0 saturated carbocycles. The van der Waals surface area contributed by atoms with Crippen molar-refractivity contribution in [3.8, 4) is 11.5 Å². The van der Waals surface area contributed by atoms with Crippen molar-refractivity contribution in [1.82, 2.24) is 14.6 Å². The Labute approximate surface area is 130 Å². The fourth-order valence-corrected chi connectivity index (χ4v) is 2.85. The van der Waals surface area contributed by atoms with E-state index < -0.39 is 0 Å². The fraction of sp³-hybridized carbons (Fsp3) is 0.312. The zero-order valence-corrected chi connectivity index (χ0v) is 12.3. The second-order valence-electron chi connectivity index (χ2n) is 5.62. The molecule has 4 rings (SSSR count). The van der Waals surface area contributed by atoms with Crippen LogP contribution in [0.2, 0.25) is 0 Å². The van der Waals surface area contributed by atoms with Crippen molar-refractivity contribution in [1.29, 1.82) is 0 Å². The number of carbonyl (C=O) groups excluding carboxylic acids is 1. The number of rotatable bonds is 4. The number of nitrogens with one attached hydrogen (secondary N) is 1. The first-order chi connectivity index (χ1) is 11.2. The number of cyclic esters (lactones) is 1. The molecule has 1 atom stereocenters. The van der Waals surface area contributed by atoms with Crippen molar-refractivity contribution in [3.05, 3.63) is 46.6 Å². The summed E-state index contributed by atoms with van der Waals surface area (Å²) in [6.07, 6.45) is 3.54. The van der Waals surface area contributed by atoms with Gasteiger partial charge in [-0.05, 0) is 31.4 Å². The molecule has 118 valence electrons. The molecule has 0 spiro atoms. The molecule has 0 aromatic carbocycles. The number of aryl methyl sites for hydroxylation is 1. The van der Waals surface area contributed by atoms with Gasteiger partial charge in [0.2, 0.25) is 0 Å². The predicted octanol–water partition coefficient (Wildman–Crippen LogP) is 1.78. The predicted molar refractivity (Wildman–Crippen MR) is 80.9 cm³/mol. The van der Waals surface area contributed by atoms with Crippen molar-refractivity contribution >= 4 is 11.6 Å². The molecule has 1 aliphatic rings. The second kappa shape index (κ2) is 5.42. The smallest absolute Gasteiger partial charge is 0.309 e. The molecule has 1 aliphatic heterocycles. The van der Waals surface area contributed by atoms with Crippen molar-refractivity contribution in [2.75, 3.05) is 6.61 Å².